The summed E-state index contributed by atoms with van der Waals surface area (Å²) in [6.45, 7) is 3.60. The normalized spacial score (nSPS) is 11.9. The van der Waals surface area contributed by atoms with Gasteiger partial charge >= 0.3 is 5.97 Å². The van der Waals surface area contributed by atoms with Crippen molar-refractivity contribution in [3.05, 3.63) is 40.4 Å². The lowest BCUT2D eigenvalue weighted by Gasteiger charge is -2.16. The predicted molar refractivity (Wildman–Crippen MR) is 70.4 cm³/mol. The van der Waals surface area contributed by atoms with E-state index in [9.17, 15) is 4.79 Å². The fourth-order valence-corrected chi connectivity index (χ4v) is 1.88. The van der Waals surface area contributed by atoms with Crippen LogP contribution in [-0.4, -0.2) is 13.1 Å². The Kier molecular flexibility index (Phi) is 4.85. The highest BCUT2D eigenvalue weighted by atomic mass is 35.5. The third kappa shape index (κ3) is 3.14. The van der Waals surface area contributed by atoms with Gasteiger partial charge in [0.2, 0.25) is 0 Å². The largest absolute Gasteiger partial charge is 0.469 e. The third-order valence-electron chi connectivity index (χ3n) is 2.39. The number of nitrogen functional groups attached to an aromatic ring is 1. The average Bonchev–Trinajstić information content (AvgIpc) is 2.30. The topological polar surface area (TPSA) is 52.3 Å². The molecule has 0 radical (unpaired) electrons. The van der Waals surface area contributed by atoms with Crippen LogP contribution in [0.2, 0.25) is 10.0 Å². The van der Waals surface area contributed by atoms with Gasteiger partial charge in [-0.25, -0.2) is 0 Å². The van der Waals surface area contributed by atoms with Crippen LogP contribution in [-0.2, 0) is 9.53 Å². The van der Waals surface area contributed by atoms with Crippen molar-refractivity contribution in [2.45, 2.75) is 12.3 Å². The van der Waals surface area contributed by atoms with Gasteiger partial charge in [0.25, 0.3) is 0 Å². The first-order valence-corrected chi connectivity index (χ1v) is 5.70. The molecule has 0 aliphatic carbocycles. The molecule has 17 heavy (non-hydrogen) atoms. The van der Waals surface area contributed by atoms with Gasteiger partial charge in [-0.15, -0.1) is 6.58 Å². The van der Waals surface area contributed by atoms with Gasteiger partial charge in [0.05, 0.1) is 23.1 Å². The van der Waals surface area contributed by atoms with Crippen molar-refractivity contribution in [3.63, 3.8) is 0 Å². The highest BCUT2D eigenvalue weighted by molar-refractivity contribution is 6.42. The minimum Gasteiger partial charge on any atom is -0.469 e. The summed E-state index contributed by atoms with van der Waals surface area (Å²) >= 11 is 11.7. The van der Waals surface area contributed by atoms with Gasteiger partial charge in [-0.1, -0.05) is 29.3 Å². The average molecular weight is 274 g/mol. The van der Waals surface area contributed by atoms with Crippen LogP contribution < -0.4 is 5.73 Å². The summed E-state index contributed by atoms with van der Waals surface area (Å²) in [5.74, 6) is -0.887. The Hall–Kier alpha value is -1.19. The lowest BCUT2D eigenvalue weighted by molar-refractivity contribution is -0.142. The van der Waals surface area contributed by atoms with E-state index in [1.165, 1.54) is 13.2 Å². The zero-order chi connectivity index (χ0) is 13.0. The van der Waals surface area contributed by atoms with Crippen molar-refractivity contribution in [3.8, 4) is 0 Å². The number of carbonyl (C=O) groups is 1. The standard InChI is InChI=1S/C12H13Cl2NO2/c1-3-4-7(12(16)17-2)8-5-9(13)10(14)6-11(8)15/h3,5-7H,1,4,15H2,2H3. The van der Waals surface area contributed by atoms with Crippen molar-refractivity contribution in [2.75, 3.05) is 12.8 Å². The number of benzene rings is 1. The molecule has 5 heteroatoms. The van der Waals surface area contributed by atoms with Gasteiger partial charge < -0.3 is 10.5 Å². The highest BCUT2D eigenvalue weighted by Crippen LogP contribution is 2.33. The Morgan fingerprint density at radius 1 is 1.53 bits per heavy atom. The van der Waals surface area contributed by atoms with E-state index in [2.05, 4.69) is 6.58 Å². The molecule has 0 bridgehead atoms. The zero-order valence-corrected chi connectivity index (χ0v) is 10.9. The number of carbonyl (C=O) groups excluding carboxylic acids is 1. The summed E-state index contributed by atoms with van der Waals surface area (Å²) in [4.78, 5) is 11.6. The smallest absolute Gasteiger partial charge is 0.313 e. The molecule has 92 valence electrons. The maximum Gasteiger partial charge on any atom is 0.313 e. The first-order valence-electron chi connectivity index (χ1n) is 4.94. The number of esters is 1. The van der Waals surface area contributed by atoms with Crippen molar-refractivity contribution in [1.82, 2.24) is 0 Å². The number of hydrogen-bond acceptors (Lipinski definition) is 3. The molecule has 1 atom stereocenters. The molecule has 0 amide bonds. The van der Waals surface area contributed by atoms with Gasteiger partial charge in [0.1, 0.15) is 0 Å². The van der Waals surface area contributed by atoms with E-state index in [4.69, 9.17) is 33.7 Å². The molecule has 1 aromatic rings. The third-order valence-corrected chi connectivity index (χ3v) is 3.11. The summed E-state index contributed by atoms with van der Waals surface area (Å²) < 4.78 is 4.73. The number of methoxy groups -OCH3 is 1. The van der Waals surface area contributed by atoms with Crippen LogP contribution in [0.15, 0.2) is 24.8 Å². The number of rotatable bonds is 4. The summed E-state index contributed by atoms with van der Waals surface area (Å²) in [6, 6.07) is 3.11. The molecule has 0 spiro atoms. The molecule has 0 heterocycles. The minimum absolute atomic E-state index is 0.355. The number of halogens is 2. The maximum atomic E-state index is 11.6. The Morgan fingerprint density at radius 2 is 2.12 bits per heavy atom. The lowest BCUT2D eigenvalue weighted by atomic mass is 9.94. The van der Waals surface area contributed by atoms with Crippen LogP contribution in [0.25, 0.3) is 0 Å². The van der Waals surface area contributed by atoms with E-state index in [1.54, 1.807) is 12.1 Å². The highest BCUT2D eigenvalue weighted by Gasteiger charge is 2.23. The molecular weight excluding hydrogens is 261 g/mol. The summed E-state index contributed by atoms with van der Waals surface area (Å²) in [5, 5.41) is 0.712. The predicted octanol–water partition coefficient (Wildman–Crippen LogP) is 3.41. The van der Waals surface area contributed by atoms with Crippen LogP contribution in [0.1, 0.15) is 17.9 Å². The molecule has 0 saturated heterocycles. The van der Waals surface area contributed by atoms with E-state index >= 15 is 0 Å². The first-order chi connectivity index (χ1) is 8.01. The second-order valence-electron chi connectivity index (χ2n) is 3.50. The van der Waals surface area contributed by atoms with Crippen molar-refractivity contribution < 1.29 is 9.53 Å². The molecule has 0 saturated carbocycles. The maximum absolute atomic E-state index is 11.6. The van der Waals surface area contributed by atoms with Crippen molar-refractivity contribution in [2.24, 2.45) is 0 Å². The van der Waals surface area contributed by atoms with Crippen LogP contribution >= 0.6 is 23.2 Å². The summed E-state index contributed by atoms with van der Waals surface area (Å²) in [7, 11) is 1.33. The Balaban J connectivity index is 3.22. The molecular formula is C12H13Cl2NO2. The molecule has 0 aliphatic heterocycles. The SMILES string of the molecule is C=CCC(C(=O)OC)c1cc(Cl)c(Cl)cc1N. The first kappa shape index (κ1) is 13.9. The van der Waals surface area contributed by atoms with Gasteiger partial charge in [0.15, 0.2) is 0 Å². The lowest BCUT2D eigenvalue weighted by Crippen LogP contribution is -2.15. The van der Waals surface area contributed by atoms with Crippen LogP contribution in [0, 0.1) is 0 Å². The second kappa shape index (κ2) is 5.94. The molecule has 0 aromatic heterocycles. The van der Waals surface area contributed by atoms with E-state index in [0.29, 0.717) is 27.7 Å². The Labute approximate surface area is 110 Å². The molecule has 1 aromatic carbocycles. The van der Waals surface area contributed by atoms with Gasteiger partial charge in [0, 0.05) is 5.69 Å². The monoisotopic (exact) mass is 273 g/mol. The molecule has 2 N–H and O–H groups in total. The summed E-state index contributed by atoms with van der Waals surface area (Å²) in [6.07, 6.45) is 2.05. The molecule has 1 unspecified atom stereocenters. The second-order valence-corrected chi connectivity index (χ2v) is 4.31. The molecule has 1 rings (SSSR count). The number of allylic oxidation sites excluding steroid dienone is 1. The van der Waals surface area contributed by atoms with Crippen LogP contribution in [0.4, 0.5) is 5.69 Å². The molecule has 0 aliphatic rings. The van der Waals surface area contributed by atoms with Crippen molar-refractivity contribution >= 4 is 34.9 Å². The van der Waals surface area contributed by atoms with Gasteiger partial charge in [-0.2, -0.15) is 0 Å². The minimum atomic E-state index is -0.507. The van der Waals surface area contributed by atoms with Crippen LogP contribution in [0.3, 0.4) is 0 Å². The Morgan fingerprint density at radius 3 is 2.65 bits per heavy atom. The van der Waals surface area contributed by atoms with E-state index < -0.39 is 5.92 Å². The number of hydrogen-bond donors (Lipinski definition) is 1. The summed E-state index contributed by atoms with van der Waals surface area (Å²) in [5.41, 5.74) is 6.85. The molecule has 3 nitrogen and oxygen atoms in total. The van der Waals surface area contributed by atoms with Crippen molar-refractivity contribution in [1.29, 1.82) is 0 Å². The quantitative estimate of drug-likeness (QED) is 0.520. The number of anilines is 1. The van der Waals surface area contributed by atoms with Crippen LogP contribution in [0.5, 0.6) is 0 Å². The zero-order valence-electron chi connectivity index (χ0n) is 9.37. The van der Waals surface area contributed by atoms with E-state index in [0.717, 1.165) is 0 Å². The van der Waals surface area contributed by atoms with E-state index in [-0.39, 0.29) is 5.97 Å². The van der Waals surface area contributed by atoms with Gasteiger partial charge in [-0.3, -0.25) is 4.79 Å². The fourth-order valence-electron chi connectivity index (χ4n) is 1.54. The molecule has 0 fully saturated rings. The van der Waals surface area contributed by atoms with E-state index in [1.807, 2.05) is 0 Å². The number of ether oxygens (including phenoxy) is 1. The Bertz CT molecular complexity index is 446. The van der Waals surface area contributed by atoms with Gasteiger partial charge in [-0.05, 0) is 24.1 Å². The fraction of sp³-hybridized carbons (Fsp3) is 0.250. The number of nitrogens with two attached hydrogens (primary N) is 1.